The van der Waals surface area contributed by atoms with E-state index in [0.717, 1.165) is 24.8 Å². The van der Waals surface area contributed by atoms with Gasteiger partial charge in [-0.15, -0.1) is 0 Å². The van der Waals surface area contributed by atoms with Crippen molar-refractivity contribution < 1.29 is 0 Å². The molecule has 2 N–H and O–H groups in total. The lowest BCUT2D eigenvalue weighted by Gasteiger charge is -2.36. The number of fused-ring (bicyclic) bond motifs is 1. The number of hydrogen-bond donors (Lipinski definition) is 1. The van der Waals surface area contributed by atoms with E-state index < -0.39 is 0 Å². The maximum Gasteiger partial charge on any atom is 0.225 e. The summed E-state index contributed by atoms with van der Waals surface area (Å²) in [7, 11) is 0. The van der Waals surface area contributed by atoms with E-state index in [2.05, 4.69) is 29.9 Å². The van der Waals surface area contributed by atoms with Gasteiger partial charge in [0.1, 0.15) is 0 Å². The molecular weight excluding hydrogens is 248 g/mol. The average molecular weight is 274 g/mol. The average Bonchev–Trinajstić information content (AvgIpc) is 2.51. The lowest BCUT2D eigenvalue weighted by atomic mass is 9.80. The lowest BCUT2D eigenvalue weighted by molar-refractivity contribution is 0.412. The summed E-state index contributed by atoms with van der Waals surface area (Å²) in [4.78, 5) is 11.9. The van der Waals surface area contributed by atoms with Gasteiger partial charge in [-0.25, -0.2) is 9.97 Å². The molecule has 0 saturated carbocycles. The monoisotopic (exact) mass is 274 g/mol. The van der Waals surface area contributed by atoms with E-state index >= 15 is 0 Å². The second-order valence-corrected chi connectivity index (χ2v) is 6.46. The third-order valence-electron chi connectivity index (χ3n) is 5.20. The first-order chi connectivity index (χ1) is 9.70. The van der Waals surface area contributed by atoms with Crippen LogP contribution in [0.25, 0.3) is 0 Å². The van der Waals surface area contributed by atoms with E-state index in [9.17, 15) is 0 Å². The first-order valence-corrected chi connectivity index (χ1v) is 8.03. The number of aromatic nitrogens is 2. The molecule has 3 unspecified atom stereocenters. The van der Waals surface area contributed by atoms with Crippen molar-refractivity contribution in [3.63, 3.8) is 0 Å². The quantitative estimate of drug-likeness (QED) is 0.900. The molecule has 0 spiro atoms. The Morgan fingerprint density at radius 1 is 1.30 bits per heavy atom. The maximum absolute atomic E-state index is 5.92. The molecule has 4 nitrogen and oxygen atoms in total. The van der Waals surface area contributed by atoms with Gasteiger partial charge in [-0.05, 0) is 43.6 Å². The molecule has 1 aromatic rings. The van der Waals surface area contributed by atoms with E-state index in [1.807, 2.05) is 0 Å². The summed E-state index contributed by atoms with van der Waals surface area (Å²) in [5.41, 5.74) is 8.54. The maximum atomic E-state index is 5.92. The van der Waals surface area contributed by atoms with Crippen molar-refractivity contribution in [1.82, 2.24) is 9.97 Å². The van der Waals surface area contributed by atoms with Crippen LogP contribution in [0.4, 0.5) is 5.95 Å². The van der Waals surface area contributed by atoms with Gasteiger partial charge in [-0.2, -0.15) is 0 Å². The SMILES string of the molecule is CC1CCc2cnc(N3CCCCC3CN)nc2C1C. The Morgan fingerprint density at radius 3 is 2.95 bits per heavy atom. The topological polar surface area (TPSA) is 55.0 Å². The summed E-state index contributed by atoms with van der Waals surface area (Å²) < 4.78 is 0. The lowest BCUT2D eigenvalue weighted by Crippen LogP contribution is -2.45. The van der Waals surface area contributed by atoms with Crippen molar-refractivity contribution in [2.45, 2.75) is 57.9 Å². The van der Waals surface area contributed by atoms with E-state index in [1.54, 1.807) is 0 Å². The minimum atomic E-state index is 0.415. The predicted molar refractivity (Wildman–Crippen MR) is 82.0 cm³/mol. The zero-order chi connectivity index (χ0) is 14.1. The number of hydrogen-bond acceptors (Lipinski definition) is 4. The molecule has 0 aromatic carbocycles. The van der Waals surface area contributed by atoms with E-state index in [4.69, 9.17) is 10.7 Å². The number of piperidine rings is 1. The molecule has 3 atom stereocenters. The first-order valence-electron chi connectivity index (χ1n) is 8.03. The fraction of sp³-hybridized carbons (Fsp3) is 0.750. The van der Waals surface area contributed by atoms with Gasteiger partial charge < -0.3 is 10.6 Å². The Balaban J connectivity index is 1.91. The molecule has 110 valence electrons. The number of nitrogens with zero attached hydrogens (tertiary/aromatic N) is 3. The van der Waals surface area contributed by atoms with Crippen LogP contribution in [0.2, 0.25) is 0 Å². The zero-order valence-corrected chi connectivity index (χ0v) is 12.7. The Kier molecular flexibility index (Phi) is 3.92. The smallest absolute Gasteiger partial charge is 0.225 e. The molecule has 0 amide bonds. The first kappa shape index (κ1) is 13.8. The van der Waals surface area contributed by atoms with Crippen LogP contribution in [0.15, 0.2) is 6.20 Å². The van der Waals surface area contributed by atoms with Crippen LogP contribution in [-0.4, -0.2) is 29.1 Å². The molecule has 2 aliphatic rings. The van der Waals surface area contributed by atoms with Crippen molar-refractivity contribution in [3.05, 3.63) is 17.5 Å². The Hall–Kier alpha value is -1.16. The summed E-state index contributed by atoms with van der Waals surface area (Å²) in [6.07, 6.45) is 8.11. The summed E-state index contributed by atoms with van der Waals surface area (Å²) in [6.45, 7) is 6.38. The highest BCUT2D eigenvalue weighted by Gasteiger charge is 2.28. The number of anilines is 1. The second-order valence-electron chi connectivity index (χ2n) is 6.46. The summed E-state index contributed by atoms with van der Waals surface area (Å²) in [6, 6.07) is 0.415. The Bertz CT molecular complexity index is 474. The molecule has 0 radical (unpaired) electrons. The number of aryl methyl sites for hydroxylation is 1. The minimum absolute atomic E-state index is 0.415. The van der Waals surface area contributed by atoms with Crippen LogP contribution in [0.5, 0.6) is 0 Å². The van der Waals surface area contributed by atoms with Crippen LogP contribution in [0.1, 0.15) is 56.7 Å². The van der Waals surface area contributed by atoms with Crippen molar-refractivity contribution in [1.29, 1.82) is 0 Å². The molecule has 20 heavy (non-hydrogen) atoms. The molecule has 3 rings (SSSR count). The van der Waals surface area contributed by atoms with E-state index in [-0.39, 0.29) is 0 Å². The van der Waals surface area contributed by atoms with Crippen LogP contribution in [0.3, 0.4) is 0 Å². The van der Waals surface area contributed by atoms with Crippen molar-refractivity contribution >= 4 is 5.95 Å². The third-order valence-corrected chi connectivity index (χ3v) is 5.20. The van der Waals surface area contributed by atoms with E-state index in [1.165, 1.54) is 36.9 Å². The van der Waals surface area contributed by atoms with Crippen molar-refractivity contribution in [2.75, 3.05) is 18.0 Å². The van der Waals surface area contributed by atoms with Crippen LogP contribution in [-0.2, 0) is 6.42 Å². The summed E-state index contributed by atoms with van der Waals surface area (Å²) >= 11 is 0. The molecule has 1 fully saturated rings. The molecule has 1 aliphatic carbocycles. The number of nitrogens with two attached hydrogens (primary N) is 1. The molecule has 2 heterocycles. The molecule has 1 saturated heterocycles. The van der Waals surface area contributed by atoms with Gasteiger partial charge in [0.25, 0.3) is 0 Å². The molecule has 1 aromatic heterocycles. The normalized spacial score (nSPS) is 30.1. The summed E-state index contributed by atoms with van der Waals surface area (Å²) in [5.74, 6) is 2.17. The fourth-order valence-corrected chi connectivity index (χ4v) is 3.55. The van der Waals surface area contributed by atoms with E-state index in [0.29, 0.717) is 18.5 Å². The molecule has 1 aliphatic heterocycles. The van der Waals surface area contributed by atoms with Gasteiger partial charge in [-0.1, -0.05) is 13.8 Å². The van der Waals surface area contributed by atoms with Crippen molar-refractivity contribution in [2.24, 2.45) is 11.7 Å². The third kappa shape index (κ3) is 2.41. The molecule has 0 bridgehead atoms. The molecule has 4 heteroatoms. The van der Waals surface area contributed by atoms with Gasteiger partial charge in [0.05, 0.1) is 5.69 Å². The second kappa shape index (κ2) is 5.68. The van der Waals surface area contributed by atoms with Gasteiger partial charge in [0.2, 0.25) is 5.95 Å². The largest absolute Gasteiger partial charge is 0.337 e. The van der Waals surface area contributed by atoms with Crippen molar-refractivity contribution in [3.8, 4) is 0 Å². The highest BCUT2D eigenvalue weighted by atomic mass is 15.3. The zero-order valence-electron chi connectivity index (χ0n) is 12.7. The fourth-order valence-electron chi connectivity index (χ4n) is 3.55. The van der Waals surface area contributed by atoms with Gasteiger partial charge in [-0.3, -0.25) is 0 Å². The summed E-state index contributed by atoms with van der Waals surface area (Å²) in [5, 5.41) is 0. The highest BCUT2D eigenvalue weighted by molar-refractivity contribution is 5.37. The molecular formula is C16H26N4. The van der Waals surface area contributed by atoms with Gasteiger partial charge in [0.15, 0.2) is 0 Å². The van der Waals surface area contributed by atoms with Gasteiger partial charge >= 0.3 is 0 Å². The van der Waals surface area contributed by atoms with Crippen LogP contribution < -0.4 is 10.6 Å². The van der Waals surface area contributed by atoms with Crippen LogP contribution >= 0.6 is 0 Å². The Labute approximate surface area is 121 Å². The highest BCUT2D eigenvalue weighted by Crippen LogP contribution is 2.35. The Morgan fingerprint density at radius 2 is 2.15 bits per heavy atom. The van der Waals surface area contributed by atoms with Crippen LogP contribution in [0, 0.1) is 5.92 Å². The minimum Gasteiger partial charge on any atom is -0.337 e. The van der Waals surface area contributed by atoms with Gasteiger partial charge in [0, 0.05) is 31.2 Å². The number of rotatable bonds is 2. The standard InChI is InChI=1S/C16H26N4/c1-11-6-7-13-10-18-16(19-15(13)12(11)2)20-8-4-3-5-14(20)9-17/h10-12,14H,3-9,17H2,1-2H3. The predicted octanol–water partition coefficient (Wildman–Crippen LogP) is 2.48.